The van der Waals surface area contributed by atoms with Crippen molar-refractivity contribution < 1.29 is 4.79 Å². The van der Waals surface area contributed by atoms with Crippen LogP contribution in [-0.4, -0.2) is 30.9 Å². The van der Waals surface area contributed by atoms with E-state index in [0.29, 0.717) is 37.5 Å². The monoisotopic (exact) mass is 493 g/mol. The van der Waals surface area contributed by atoms with Crippen molar-refractivity contribution in [3.8, 4) is 5.69 Å². The number of benzene rings is 2. The maximum atomic E-state index is 12.6. The molecule has 0 saturated heterocycles. The Kier molecular flexibility index (Phi) is 6.24. The second-order valence-electron chi connectivity index (χ2n) is 6.52. The summed E-state index contributed by atoms with van der Waals surface area (Å²) in [5, 5.41) is 8.36. The van der Waals surface area contributed by atoms with Gasteiger partial charge in [-0.25, -0.2) is 9.67 Å². The number of aromatic amines is 1. The largest absolute Gasteiger partial charge is 0.324 e. The van der Waals surface area contributed by atoms with Crippen molar-refractivity contribution in [2.75, 3.05) is 5.32 Å². The van der Waals surface area contributed by atoms with E-state index < -0.39 is 5.25 Å². The third-order valence-electron chi connectivity index (χ3n) is 4.31. The maximum Gasteiger partial charge on any atom is 0.262 e. The second kappa shape index (κ2) is 8.92. The third-order valence-corrected chi connectivity index (χ3v) is 6.10. The van der Waals surface area contributed by atoms with Gasteiger partial charge in [0.15, 0.2) is 10.8 Å². The van der Waals surface area contributed by atoms with Gasteiger partial charge in [-0.1, -0.05) is 52.6 Å². The molecule has 2 aromatic heterocycles. The zero-order valence-electron chi connectivity index (χ0n) is 15.9. The van der Waals surface area contributed by atoms with E-state index in [-0.39, 0.29) is 16.6 Å². The number of nitrogens with zero attached hydrogens (tertiary/aromatic N) is 3. The van der Waals surface area contributed by atoms with Crippen molar-refractivity contribution in [2.45, 2.75) is 17.3 Å². The van der Waals surface area contributed by atoms with Crippen LogP contribution >= 0.6 is 46.6 Å². The Balaban J connectivity index is 1.61. The summed E-state index contributed by atoms with van der Waals surface area (Å²) in [6.07, 6.45) is 1.44. The molecule has 1 amide bonds. The quantitative estimate of drug-likeness (QED) is 0.294. The van der Waals surface area contributed by atoms with E-state index in [9.17, 15) is 9.59 Å². The van der Waals surface area contributed by atoms with Crippen molar-refractivity contribution in [3.63, 3.8) is 0 Å². The van der Waals surface area contributed by atoms with Gasteiger partial charge in [-0.3, -0.25) is 9.59 Å². The molecule has 31 heavy (non-hydrogen) atoms. The fraction of sp³-hybridized carbons (Fsp3) is 0.100. The molecule has 0 aliphatic rings. The summed E-state index contributed by atoms with van der Waals surface area (Å²) >= 11 is 19.2. The highest BCUT2D eigenvalue weighted by atomic mass is 35.5. The summed E-state index contributed by atoms with van der Waals surface area (Å²) in [6, 6.07) is 11.8. The number of fused-ring (bicyclic) bond motifs is 1. The van der Waals surface area contributed by atoms with Crippen molar-refractivity contribution in [1.82, 2.24) is 19.7 Å². The first-order chi connectivity index (χ1) is 14.8. The van der Waals surface area contributed by atoms with Gasteiger partial charge in [-0.05, 0) is 43.3 Å². The van der Waals surface area contributed by atoms with Crippen molar-refractivity contribution in [1.29, 1.82) is 0 Å². The minimum absolute atomic E-state index is 0.279. The molecule has 1 unspecified atom stereocenters. The molecule has 0 aliphatic heterocycles. The first-order valence-corrected chi connectivity index (χ1v) is 11.0. The lowest BCUT2D eigenvalue weighted by Crippen LogP contribution is -2.23. The van der Waals surface area contributed by atoms with Crippen molar-refractivity contribution in [3.05, 3.63) is 74.1 Å². The van der Waals surface area contributed by atoms with Crippen LogP contribution in [0.1, 0.15) is 6.92 Å². The van der Waals surface area contributed by atoms with Crippen molar-refractivity contribution >= 4 is 69.2 Å². The SMILES string of the molecule is CC(Sc1nc2c(cnn2-c2cccc(Cl)c2)c(=O)[nH]1)C(=O)Nc1cc(Cl)ccc1Cl. The zero-order valence-corrected chi connectivity index (χ0v) is 19.0. The van der Waals surface area contributed by atoms with Crippen LogP contribution in [0.3, 0.4) is 0 Å². The lowest BCUT2D eigenvalue weighted by molar-refractivity contribution is -0.115. The van der Waals surface area contributed by atoms with Crippen LogP contribution in [-0.2, 0) is 4.79 Å². The summed E-state index contributed by atoms with van der Waals surface area (Å²) in [5.74, 6) is -0.319. The lowest BCUT2D eigenvalue weighted by Gasteiger charge is -2.13. The molecular weight excluding hydrogens is 481 g/mol. The standard InChI is InChI=1S/C20H14Cl3N5O2S/c1-10(18(29)25-16-8-12(22)5-6-15(16)23)31-20-26-17-14(19(30)27-20)9-24-28(17)13-4-2-3-11(21)7-13/h2-10H,1H3,(H,25,29)(H,26,27,30). The molecule has 0 spiro atoms. The Morgan fingerprint density at radius 1 is 1.16 bits per heavy atom. The number of nitrogens with one attached hydrogen (secondary N) is 2. The van der Waals surface area contributed by atoms with Gasteiger partial charge >= 0.3 is 0 Å². The Bertz CT molecular complexity index is 1350. The van der Waals surface area contributed by atoms with E-state index in [1.807, 2.05) is 0 Å². The number of anilines is 1. The van der Waals surface area contributed by atoms with Crippen LogP contribution in [0.15, 0.2) is 58.6 Å². The van der Waals surface area contributed by atoms with E-state index in [2.05, 4.69) is 20.4 Å². The molecule has 0 fully saturated rings. The highest BCUT2D eigenvalue weighted by Gasteiger charge is 2.19. The summed E-state index contributed by atoms with van der Waals surface area (Å²) in [4.78, 5) is 32.3. The number of halogens is 3. The van der Waals surface area contributed by atoms with Gasteiger partial charge in [0, 0.05) is 10.0 Å². The molecule has 4 rings (SSSR count). The minimum Gasteiger partial charge on any atom is -0.324 e. The Morgan fingerprint density at radius 2 is 1.94 bits per heavy atom. The van der Waals surface area contributed by atoms with Crippen LogP contribution in [0.2, 0.25) is 15.1 Å². The number of thioether (sulfide) groups is 1. The average molecular weight is 495 g/mol. The molecular formula is C20H14Cl3N5O2S. The van der Waals surface area contributed by atoms with Gasteiger partial charge < -0.3 is 10.3 Å². The fourth-order valence-corrected chi connectivity index (χ4v) is 4.11. The second-order valence-corrected chi connectivity index (χ2v) is 9.13. The van der Waals surface area contributed by atoms with Gasteiger partial charge in [0.25, 0.3) is 5.56 Å². The van der Waals surface area contributed by atoms with E-state index in [1.54, 1.807) is 49.4 Å². The lowest BCUT2D eigenvalue weighted by atomic mass is 10.3. The van der Waals surface area contributed by atoms with Crippen LogP contribution < -0.4 is 10.9 Å². The molecule has 11 heteroatoms. The zero-order chi connectivity index (χ0) is 22.1. The Hall–Kier alpha value is -2.52. The van der Waals surface area contributed by atoms with Crippen LogP contribution in [0.25, 0.3) is 16.7 Å². The van der Waals surface area contributed by atoms with Crippen LogP contribution in [0, 0.1) is 0 Å². The topological polar surface area (TPSA) is 92.7 Å². The van der Waals surface area contributed by atoms with E-state index >= 15 is 0 Å². The summed E-state index contributed by atoms with van der Waals surface area (Å²) in [7, 11) is 0. The number of hydrogen-bond donors (Lipinski definition) is 2. The number of carbonyl (C=O) groups excluding carboxylic acids is 1. The molecule has 1 atom stereocenters. The first kappa shape index (κ1) is 21.7. The van der Waals surface area contributed by atoms with Gasteiger partial charge in [-0.2, -0.15) is 5.10 Å². The normalized spacial score (nSPS) is 12.1. The Morgan fingerprint density at radius 3 is 2.71 bits per heavy atom. The molecule has 0 radical (unpaired) electrons. The minimum atomic E-state index is -0.585. The number of carbonyl (C=O) groups is 1. The highest BCUT2D eigenvalue weighted by molar-refractivity contribution is 8.00. The fourth-order valence-electron chi connectivity index (χ4n) is 2.80. The van der Waals surface area contributed by atoms with E-state index in [1.165, 1.54) is 10.9 Å². The highest BCUT2D eigenvalue weighted by Crippen LogP contribution is 2.27. The predicted molar refractivity (Wildman–Crippen MR) is 125 cm³/mol. The summed E-state index contributed by atoms with van der Waals surface area (Å²) in [5.41, 5.74) is 1.07. The number of H-pyrrole nitrogens is 1. The summed E-state index contributed by atoms with van der Waals surface area (Å²) in [6.45, 7) is 1.69. The van der Waals surface area contributed by atoms with Gasteiger partial charge in [0.05, 0.1) is 27.8 Å². The van der Waals surface area contributed by atoms with Crippen LogP contribution in [0.4, 0.5) is 5.69 Å². The Labute approximate surface area is 195 Å². The number of aromatic nitrogens is 4. The van der Waals surface area contributed by atoms with E-state index in [4.69, 9.17) is 34.8 Å². The average Bonchev–Trinajstić information content (AvgIpc) is 3.15. The molecule has 4 aromatic rings. The smallest absolute Gasteiger partial charge is 0.262 e. The molecule has 0 bridgehead atoms. The summed E-state index contributed by atoms with van der Waals surface area (Å²) < 4.78 is 1.52. The molecule has 7 nitrogen and oxygen atoms in total. The number of hydrogen-bond acceptors (Lipinski definition) is 5. The predicted octanol–water partition coefficient (Wildman–Crippen LogP) is 5.19. The maximum absolute atomic E-state index is 12.6. The molecule has 2 aromatic carbocycles. The molecule has 0 saturated carbocycles. The molecule has 2 N–H and O–H groups in total. The molecule has 2 heterocycles. The molecule has 158 valence electrons. The first-order valence-electron chi connectivity index (χ1n) is 8.98. The third kappa shape index (κ3) is 4.72. The van der Waals surface area contributed by atoms with Crippen molar-refractivity contribution in [2.24, 2.45) is 0 Å². The molecule has 0 aliphatic carbocycles. The van der Waals surface area contributed by atoms with Gasteiger partial charge in [0.2, 0.25) is 5.91 Å². The number of amides is 1. The van der Waals surface area contributed by atoms with E-state index in [0.717, 1.165) is 11.8 Å². The van der Waals surface area contributed by atoms with Gasteiger partial charge in [0.1, 0.15) is 5.39 Å². The van der Waals surface area contributed by atoms with Crippen LogP contribution in [0.5, 0.6) is 0 Å². The number of rotatable bonds is 5. The van der Waals surface area contributed by atoms with Gasteiger partial charge in [-0.15, -0.1) is 0 Å².